The van der Waals surface area contributed by atoms with Gasteiger partial charge in [-0.05, 0) is 18.4 Å². The molecule has 3 heterocycles. The largest absolute Gasteiger partial charge is 0.388 e. The van der Waals surface area contributed by atoms with Crippen molar-refractivity contribution in [3.8, 4) is 0 Å². The van der Waals surface area contributed by atoms with E-state index in [4.69, 9.17) is 4.74 Å². The fourth-order valence-corrected chi connectivity index (χ4v) is 7.11. The predicted octanol–water partition coefficient (Wildman–Crippen LogP) is 1.98. The minimum Gasteiger partial charge on any atom is -0.388 e. The van der Waals surface area contributed by atoms with Crippen molar-refractivity contribution in [1.82, 2.24) is 4.31 Å². The molecule has 0 unspecified atom stereocenters. The Morgan fingerprint density at radius 3 is 2.76 bits per heavy atom. The Morgan fingerprint density at radius 2 is 2.12 bits per heavy atom. The molecule has 1 spiro atoms. The first-order valence-electron chi connectivity index (χ1n) is 8.28. The number of nitrogens with zero attached hydrogens (tertiary/aromatic N) is 1. The Morgan fingerprint density at radius 1 is 1.40 bits per heavy atom. The zero-order valence-electron chi connectivity index (χ0n) is 13.6. The minimum atomic E-state index is -3.63. The van der Waals surface area contributed by atoms with Crippen LogP contribution in [0.4, 0.5) is 0 Å². The highest BCUT2D eigenvalue weighted by atomic mass is 79.9. The molecular formula is C18H20BrNO4S. The second-order valence-corrected chi connectivity index (χ2v) is 10.1. The van der Waals surface area contributed by atoms with Crippen molar-refractivity contribution in [2.45, 2.75) is 41.9 Å². The number of hydrogen-bond donors (Lipinski definition) is 1. The van der Waals surface area contributed by atoms with Gasteiger partial charge in [0, 0.05) is 11.0 Å². The highest BCUT2D eigenvalue weighted by Gasteiger charge is 2.66. The molecule has 1 aromatic carbocycles. The van der Waals surface area contributed by atoms with E-state index in [2.05, 4.69) is 22.5 Å². The van der Waals surface area contributed by atoms with Gasteiger partial charge in [-0.25, -0.2) is 8.42 Å². The third-order valence-corrected chi connectivity index (χ3v) is 7.96. The van der Waals surface area contributed by atoms with Gasteiger partial charge in [-0.1, -0.05) is 65.0 Å². The number of fused-ring (bicyclic) bond motifs is 1. The molecule has 2 bridgehead atoms. The van der Waals surface area contributed by atoms with Crippen LogP contribution < -0.4 is 0 Å². The maximum absolute atomic E-state index is 13.3. The molecule has 134 valence electrons. The van der Waals surface area contributed by atoms with Crippen molar-refractivity contribution >= 4 is 26.0 Å². The molecular weight excluding hydrogens is 406 g/mol. The van der Waals surface area contributed by atoms with Crippen LogP contribution in [-0.2, 0) is 21.2 Å². The summed E-state index contributed by atoms with van der Waals surface area (Å²) in [6.07, 6.45) is 3.26. The molecule has 0 saturated carbocycles. The third kappa shape index (κ3) is 2.64. The highest BCUT2D eigenvalue weighted by Crippen LogP contribution is 2.50. The standard InChI is InChI=1S/C18H20BrNO4S/c1-12(19)11-20-15(9-13-5-3-2-4-6-13)17(21)18-8-7-14(24-18)10-16(18)25(20,22)23/h2-8,14-17,21H,1,9-11H2/t14-,15-,16-,17-,18+/m0/s1. The van der Waals surface area contributed by atoms with E-state index < -0.39 is 33.0 Å². The second-order valence-electron chi connectivity index (χ2n) is 6.90. The third-order valence-electron chi connectivity index (χ3n) is 5.37. The number of aliphatic hydroxyl groups is 1. The molecule has 0 radical (unpaired) electrons. The van der Waals surface area contributed by atoms with E-state index in [1.165, 1.54) is 4.31 Å². The molecule has 0 aliphatic carbocycles. The van der Waals surface area contributed by atoms with E-state index in [0.29, 0.717) is 17.3 Å². The number of hydrogen-bond acceptors (Lipinski definition) is 4. The van der Waals surface area contributed by atoms with E-state index in [1.54, 1.807) is 6.08 Å². The Hall–Kier alpha value is -0.990. The van der Waals surface area contributed by atoms with Gasteiger partial charge in [-0.2, -0.15) is 4.31 Å². The lowest BCUT2D eigenvalue weighted by molar-refractivity contribution is -0.0920. The number of ether oxygens (including phenoxy) is 1. The first-order chi connectivity index (χ1) is 11.8. The van der Waals surface area contributed by atoms with Crippen LogP contribution in [0.15, 0.2) is 53.5 Å². The molecule has 0 amide bonds. The summed E-state index contributed by atoms with van der Waals surface area (Å²) >= 11 is 3.28. The fraction of sp³-hybridized carbons (Fsp3) is 0.444. The summed E-state index contributed by atoms with van der Waals surface area (Å²) in [5.41, 5.74) is -0.161. The topological polar surface area (TPSA) is 66.8 Å². The van der Waals surface area contributed by atoms with Crippen molar-refractivity contribution in [3.05, 3.63) is 59.1 Å². The van der Waals surface area contributed by atoms with E-state index in [0.717, 1.165) is 5.56 Å². The van der Waals surface area contributed by atoms with Crippen LogP contribution in [0.25, 0.3) is 0 Å². The van der Waals surface area contributed by atoms with E-state index in [9.17, 15) is 13.5 Å². The Kier molecular flexibility index (Phi) is 4.20. The lowest BCUT2D eigenvalue weighted by Crippen LogP contribution is -2.68. The van der Waals surface area contributed by atoms with Crippen LogP contribution in [0.1, 0.15) is 12.0 Å². The number of rotatable bonds is 4. The second kappa shape index (κ2) is 6.03. The summed E-state index contributed by atoms with van der Waals surface area (Å²) < 4.78 is 34.5. The van der Waals surface area contributed by atoms with Crippen molar-refractivity contribution in [2.75, 3.05) is 6.54 Å². The number of benzene rings is 1. The first kappa shape index (κ1) is 17.4. The summed E-state index contributed by atoms with van der Waals surface area (Å²) in [4.78, 5) is 0. The van der Waals surface area contributed by atoms with Crippen molar-refractivity contribution in [1.29, 1.82) is 0 Å². The maximum Gasteiger partial charge on any atom is 0.221 e. The van der Waals surface area contributed by atoms with Crippen LogP contribution in [-0.4, -0.2) is 53.5 Å². The number of sulfonamides is 1. The van der Waals surface area contributed by atoms with Gasteiger partial charge < -0.3 is 9.84 Å². The lowest BCUT2D eigenvalue weighted by Gasteiger charge is -2.49. The summed E-state index contributed by atoms with van der Waals surface area (Å²) in [5, 5.41) is 10.4. The monoisotopic (exact) mass is 425 g/mol. The van der Waals surface area contributed by atoms with E-state index in [-0.39, 0.29) is 12.6 Å². The van der Waals surface area contributed by atoms with Crippen LogP contribution in [0, 0.1) is 0 Å². The molecule has 4 rings (SSSR count). The molecule has 2 fully saturated rings. The molecule has 2 saturated heterocycles. The molecule has 5 nitrogen and oxygen atoms in total. The fourth-order valence-electron chi connectivity index (χ4n) is 4.27. The van der Waals surface area contributed by atoms with Crippen LogP contribution in [0.5, 0.6) is 0 Å². The van der Waals surface area contributed by atoms with Gasteiger partial charge in [-0.15, -0.1) is 0 Å². The molecule has 7 heteroatoms. The normalized spacial score (nSPS) is 38.6. The highest BCUT2D eigenvalue weighted by molar-refractivity contribution is 9.11. The van der Waals surface area contributed by atoms with Crippen molar-refractivity contribution in [2.24, 2.45) is 0 Å². The molecule has 25 heavy (non-hydrogen) atoms. The van der Waals surface area contributed by atoms with Crippen LogP contribution in [0.3, 0.4) is 0 Å². The SMILES string of the molecule is C=C(Br)CN1[C@@H](Cc2ccccc2)[C@H](O)[C@@]23C=C[C@@H](C[C@@H]2S1(=O)=O)O3. The molecule has 1 N–H and O–H groups in total. The average Bonchev–Trinajstić information content (AvgIpc) is 3.17. The zero-order chi connectivity index (χ0) is 17.8. The zero-order valence-corrected chi connectivity index (χ0v) is 16.0. The lowest BCUT2D eigenvalue weighted by atomic mass is 9.83. The summed E-state index contributed by atoms with van der Waals surface area (Å²) in [6.45, 7) is 3.93. The molecule has 3 aliphatic heterocycles. The van der Waals surface area contributed by atoms with Crippen molar-refractivity contribution in [3.63, 3.8) is 0 Å². The smallest absolute Gasteiger partial charge is 0.221 e. The minimum absolute atomic E-state index is 0.137. The van der Waals surface area contributed by atoms with Crippen LogP contribution >= 0.6 is 15.9 Å². The van der Waals surface area contributed by atoms with E-state index in [1.807, 2.05) is 36.4 Å². The molecule has 3 aliphatic rings. The van der Waals surface area contributed by atoms with Gasteiger partial charge >= 0.3 is 0 Å². The summed E-state index contributed by atoms with van der Waals surface area (Å²) in [5.74, 6) is 0. The summed E-state index contributed by atoms with van der Waals surface area (Å²) in [6, 6.07) is 8.99. The first-order valence-corrected chi connectivity index (χ1v) is 10.6. The van der Waals surface area contributed by atoms with Gasteiger partial charge in [0.2, 0.25) is 10.0 Å². The molecule has 1 aromatic rings. The van der Waals surface area contributed by atoms with Gasteiger partial charge in [0.05, 0.1) is 12.1 Å². The van der Waals surface area contributed by atoms with Gasteiger partial charge in [0.15, 0.2) is 0 Å². The molecule has 0 aromatic heterocycles. The number of halogens is 1. The quantitative estimate of drug-likeness (QED) is 0.748. The van der Waals surface area contributed by atoms with Gasteiger partial charge in [0.25, 0.3) is 0 Å². The predicted molar refractivity (Wildman–Crippen MR) is 98.8 cm³/mol. The van der Waals surface area contributed by atoms with Gasteiger partial charge in [0.1, 0.15) is 17.0 Å². The molecule has 5 atom stereocenters. The average molecular weight is 426 g/mol. The van der Waals surface area contributed by atoms with Gasteiger partial charge in [-0.3, -0.25) is 0 Å². The Balaban J connectivity index is 1.78. The van der Waals surface area contributed by atoms with E-state index >= 15 is 0 Å². The van der Waals surface area contributed by atoms with Crippen molar-refractivity contribution < 1.29 is 18.3 Å². The number of aliphatic hydroxyl groups excluding tert-OH is 1. The van der Waals surface area contributed by atoms with Crippen LogP contribution in [0.2, 0.25) is 0 Å². The Labute approximate surface area is 156 Å². The summed E-state index contributed by atoms with van der Waals surface area (Å²) in [7, 11) is -3.63. The Bertz CT molecular complexity index is 825. The maximum atomic E-state index is 13.3.